The molecular formula is C25H22N2O8S. The number of ether oxygens (including phenoxy) is 3. The number of anilines is 1. The molecule has 5 rings (SSSR count). The van der Waals surface area contributed by atoms with E-state index in [1.807, 2.05) is 0 Å². The number of aliphatic hydroxyl groups excluding tert-OH is 1. The third-order valence-corrected chi connectivity index (χ3v) is 6.88. The first-order valence-corrected chi connectivity index (χ1v) is 12.0. The van der Waals surface area contributed by atoms with E-state index in [9.17, 15) is 19.5 Å². The number of thiazole rings is 1. The summed E-state index contributed by atoms with van der Waals surface area (Å²) in [5.74, 6) is -1.04. The molecule has 1 aromatic carbocycles. The maximum atomic E-state index is 13.3. The molecule has 1 N–H and O–H groups in total. The second-order valence-corrected chi connectivity index (χ2v) is 9.08. The van der Waals surface area contributed by atoms with Gasteiger partial charge in [-0.15, -0.1) is 0 Å². The minimum absolute atomic E-state index is 0.109. The summed E-state index contributed by atoms with van der Waals surface area (Å²) < 4.78 is 22.0. The molecule has 2 aliphatic heterocycles. The SMILES string of the molecule is CCOC(=O)c1sc(N2C(=O)C(=O)C(=C(O)c3ccc4c(c3)OCCO4)C2c2ccc(C)o2)nc1C. The Hall–Kier alpha value is -4.12. The summed E-state index contributed by atoms with van der Waals surface area (Å²) in [7, 11) is 0. The standard InChI is InChI=1S/C25H22N2O8S/c1-4-32-24(31)22-13(3)26-25(36-22)27-19(16-7-5-12(2)35-16)18(21(29)23(27)30)20(28)14-6-8-15-17(11-14)34-10-9-33-15/h5-8,11,19,28H,4,9-10H2,1-3H3. The summed E-state index contributed by atoms with van der Waals surface area (Å²) >= 11 is 0.929. The first-order valence-electron chi connectivity index (χ1n) is 11.2. The van der Waals surface area contributed by atoms with Crippen LogP contribution in [0, 0.1) is 13.8 Å². The molecule has 1 amide bonds. The zero-order valence-corrected chi connectivity index (χ0v) is 20.5. The van der Waals surface area contributed by atoms with Gasteiger partial charge >= 0.3 is 11.9 Å². The number of fused-ring (bicyclic) bond motifs is 1. The number of hydrogen-bond acceptors (Lipinski definition) is 10. The Morgan fingerprint density at radius 1 is 1.17 bits per heavy atom. The number of carbonyl (C=O) groups is 3. The van der Waals surface area contributed by atoms with E-state index < -0.39 is 29.5 Å². The van der Waals surface area contributed by atoms with Gasteiger partial charge in [0.15, 0.2) is 16.6 Å². The number of rotatable bonds is 5. The number of aliphatic hydroxyl groups is 1. The summed E-state index contributed by atoms with van der Waals surface area (Å²) in [5.41, 5.74) is 0.459. The molecule has 186 valence electrons. The summed E-state index contributed by atoms with van der Waals surface area (Å²) in [5, 5.41) is 11.4. The van der Waals surface area contributed by atoms with Crippen LogP contribution in [0.25, 0.3) is 5.76 Å². The highest BCUT2D eigenvalue weighted by molar-refractivity contribution is 7.17. The molecule has 11 heteroatoms. The Bertz CT molecular complexity index is 1420. The van der Waals surface area contributed by atoms with Crippen molar-refractivity contribution < 1.29 is 38.1 Å². The van der Waals surface area contributed by atoms with E-state index >= 15 is 0 Å². The number of ketones is 1. The minimum Gasteiger partial charge on any atom is -0.507 e. The van der Waals surface area contributed by atoms with Gasteiger partial charge in [0.05, 0.1) is 17.9 Å². The number of Topliss-reactive ketones (excluding diaryl/α,β-unsaturated/α-hetero) is 1. The van der Waals surface area contributed by atoms with Gasteiger partial charge in [-0.25, -0.2) is 9.78 Å². The van der Waals surface area contributed by atoms with Gasteiger partial charge in [-0.3, -0.25) is 14.5 Å². The van der Waals surface area contributed by atoms with Gasteiger partial charge in [-0.05, 0) is 51.1 Å². The van der Waals surface area contributed by atoms with Gasteiger partial charge in [0.25, 0.3) is 5.78 Å². The van der Waals surface area contributed by atoms with E-state index in [2.05, 4.69) is 4.98 Å². The Morgan fingerprint density at radius 3 is 2.61 bits per heavy atom. The van der Waals surface area contributed by atoms with Gasteiger partial charge in [-0.1, -0.05) is 11.3 Å². The smallest absolute Gasteiger partial charge is 0.350 e. The molecule has 10 nitrogen and oxygen atoms in total. The van der Waals surface area contributed by atoms with Crippen LogP contribution in [0.5, 0.6) is 11.5 Å². The highest BCUT2D eigenvalue weighted by atomic mass is 32.1. The quantitative estimate of drug-likeness (QED) is 0.235. The van der Waals surface area contributed by atoms with Crippen molar-refractivity contribution in [2.24, 2.45) is 0 Å². The monoisotopic (exact) mass is 510 g/mol. The van der Waals surface area contributed by atoms with Crippen LogP contribution < -0.4 is 14.4 Å². The molecule has 36 heavy (non-hydrogen) atoms. The number of benzene rings is 1. The van der Waals surface area contributed by atoms with Crippen LogP contribution in [0.3, 0.4) is 0 Å². The van der Waals surface area contributed by atoms with Crippen molar-refractivity contribution in [1.82, 2.24) is 4.98 Å². The Balaban J connectivity index is 1.65. The van der Waals surface area contributed by atoms with E-state index in [1.54, 1.807) is 51.1 Å². The fraction of sp³-hybridized carbons (Fsp3) is 0.280. The highest BCUT2D eigenvalue weighted by Gasteiger charge is 2.50. The third-order valence-electron chi connectivity index (χ3n) is 5.74. The number of amides is 1. The lowest BCUT2D eigenvalue weighted by Gasteiger charge is -2.21. The van der Waals surface area contributed by atoms with E-state index in [1.165, 1.54) is 0 Å². The fourth-order valence-electron chi connectivity index (χ4n) is 4.12. The fourth-order valence-corrected chi connectivity index (χ4v) is 5.10. The summed E-state index contributed by atoms with van der Waals surface area (Å²) in [6.45, 7) is 5.96. The molecule has 2 aromatic heterocycles. The molecule has 0 aliphatic carbocycles. The van der Waals surface area contributed by atoms with Crippen molar-refractivity contribution >= 4 is 39.9 Å². The van der Waals surface area contributed by atoms with Gasteiger partial charge < -0.3 is 23.7 Å². The summed E-state index contributed by atoms with van der Waals surface area (Å²) in [6, 6.07) is 6.97. The van der Waals surface area contributed by atoms with Gasteiger partial charge in [-0.2, -0.15) is 0 Å². The third kappa shape index (κ3) is 3.91. The predicted octanol–water partition coefficient (Wildman–Crippen LogP) is 3.93. The second-order valence-electron chi connectivity index (χ2n) is 8.11. The molecule has 1 saturated heterocycles. The summed E-state index contributed by atoms with van der Waals surface area (Å²) in [4.78, 5) is 44.7. The van der Waals surface area contributed by atoms with Crippen LogP contribution >= 0.6 is 11.3 Å². The van der Waals surface area contributed by atoms with Crippen molar-refractivity contribution in [2.75, 3.05) is 24.7 Å². The van der Waals surface area contributed by atoms with Gasteiger partial charge in [0.1, 0.15) is 41.4 Å². The van der Waals surface area contributed by atoms with Crippen LogP contribution in [-0.2, 0) is 14.3 Å². The zero-order chi connectivity index (χ0) is 25.6. The summed E-state index contributed by atoms with van der Waals surface area (Å²) in [6.07, 6.45) is 0. The molecule has 4 heterocycles. The van der Waals surface area contributed by atoms with Gasteiger partial charge in [0, 0.05) is 5.56 Å². The lowest BCUT2D eigenvalue weighted by molar-refractivity contribution is -0.132. The van der Waals surface area contributed by atoms with Crippen molar-refractivity contribution in [3.8, 4) is 11.5 Å². The lowest BCUT2D eigenvalue weighted by Crippen LogP contribution is -2.29. The molecule has 1 atom stereocenters. The van der Waals surface area contributed by atoms with Crippen LogP contribution in [0.1, 0.15) is 45.4 Å². The molecule has 0 spiro atoms. The first-order chi connectivity index (χ1) is 17.3. The van der Waals surface area contributed by atoms with Crippen LogP contribution in [0.15, 0.2) is 40.3 Å². The second kappa shape index (κ2) is 9.15. The topological polar surface area (TPSA) is 128 Å². The van der Waals surface area contributed by atoms with E-state index in [-0.39, 0.29) is 33.5 Å². The van der Waals surface area contributed by atoms with E-state index in [4.69, 9.17) is 18.6 Å². The highest BCUT2D eigenvalue weighted by Crippen LogP contribution is 2.45. The predicted molar refractivity (Wildman–Crippen MR) is 128 cm³/mol. The lowest BCUT2D eigenvalue weighted by atomic mass is 9.99. The number of furan rings is 1. The molecular weight excluding hydrogens is 488 g/mol. The van der Waals surface area contributed by atoms with Crippen LogP contribution in [0.2, 0.25) is 0 Å². The molecule has 1 fully saturated rings. The van der Waals surface area contributed by atoms with Gasteiger partial charge in [0.2, 0.25) is 0 Å². The normalized spacial score (nSPS) is 18.5. The van der Waals surface area contributed by atoms with Crippen molar-refractivity contribution in [3.63, 3.8) is 0 Å². The largest absolute Gasteiger partial charge is 0.507 e. The first kappa shape index (κ1) is 23.6. The maximum Gasteiger partial charge on any atom is 0.350 e. The molecule has 0 radical (unpaired) electrons. The number of esters is 1. The Kier molecular flexibility index (Phi) is 6.00. The number of aromatic nitrogens is 1. The average molecular weight is 511 g/mol. The molecule has 1 unspecified atom stereocenters. The Labute approximate surface area is 209 Å². The number of hydrogen-bond donors (Lipinski definition) is 1. The molecule has 2 aliphatic rings. The number of aryl methyl sites for hydroxylation is 2. The molecule has 0 bridgehead atoms. The maximum absolute atomic E-state index is 13.3. The number of nitrogens with zero attached hydrogens (tertiary/aromatic N) is 2. The van der Waals surface area contributed by atoms with Crippen molar-refractivity contribution in [3.05, 3.63) is 63.6 Å². The van der Waals surface area contributed by atoms with Crippen molar-refractivity contribution in [2.45, 2.75) is 26.8 Å². The van der Waals surface area contributed by atoms with Crippen LogP contribution in [-0.4, -0.2) is 47.6 Å². The van der Waals surface area contributed by atoms with E-state index in [0.717, 1.165) is 16.2 Å². The average Bonchev–Trinajstić information content (AvgIpc) is 3.54. The minimum atomic E-state index is -1.10. The Morgan fingerprint density at radius 2 is 1.92 bits per heavy atom. The number of carbonyl (C=O) groups excluding carboxylic acids is 3. The van der Waals surface area contributed by atoms with E-state index in [0.29, 0.717) is 36.2 Å². The van der Waals surface area contributed by atoms with Crippen molar-refractivity contribution in [1.29, 1.82) is 0 Å². The molecule has 3 aromatic rings. The van der Waals surface area contributed by atoms with Crippen LogP contribution in [0.4, 0.5) is 5.13 Å². The zero-order valence-electron chi connectivity index (χ0n) is 19.7. The molecule has 0 saturated carbocycles.